The molecule has 0 aromatic heterocycles. The van der Waals surface area contributed by atoms with Crippen LogP contribution in [0.4, 0.5) is 22.0 Å². The molecule has 0 unspecified atom stereocenters. The Morgan fingerprint density at radius 1 is 0.900 bits per heavy atom. The van der Waals surface area contributed by atoms with Gasteiger partial charge in [0.25, 0.3) is 0 Å². The standard InChI is InChI=1S/C13H14F5NO/c1-2-3-4-5-6-19-20-7-8-9(14)11(16)13(18)12(17)10(8)15/h6H,2-5,7H2,1H3/b19-6-. The van der Waals surface area contributed by atoms with Gasteiger partial charge >= 0.3 is 0 Å². The van der Waals surface area contributed by atoms with E-state index in [4.69, 9.17) is 0 Å². The summed E-state index contributed by atoms with van der Waals surface area (Å²) < 4.78 is 64.9. The van der Waals surface area contributed by atoms with Gasteiger partial charge in [0.1, 0.15) is 6.61 Å². The first-order valence-corrected chi connectivity index (χ1v) is 6.14. The van der Waals surface area contributed by atoms with Crippen LogP contribution in [0.3, 0.4) is 0 Å². The summed E-state index contributed by atoms with van der Waals surface area (Å²) in [7, 11) is 0. The van der Waals surface area contributed by atoms with E-state index in [1.807, 2.05) is 6.92 Å². The van der Waals surface area contributed by atoms with Gasteiger partial charge in [-0.1, -0.05) is 24.9 Å². The summed E-state index contributed by atoms with van der Waals surface area (Å²) in [5.74, 6) is -9.97. The molecule has 7 heteroatoms. The van der Waals surface area contributed by atoms with Crippen molar-refractivity contribution in [3.8, 4) is 0 Å². The zero-order valence-corrected chi connectivity index (χ0v) is 10.9. The highest BCUT2D eigenvalue weighted by Crippen LogP contribution is 2.23. The van der Waals surface area contributed by atoms with Crippen molar-refractivity contribution in [3.05, 3.63) is 34.6 Å². The molecule has 0 amide bonds. The lowest BCUT2D eigenvalue weighted by molar-refractivity contribution is 0.124. The van der Waals surface area contributed by atoms with Crippen molar-refractivity contribution in [3.63, 3.8) is 0 Å². The number of hydrogen-bond acceptors (Lipinski definition) is 2. The Hall–Kier alpha value is -1.66. The normalized spacial score (nSPS) is 11.3. The summed E-state index contributed by atoms with van der Waals surface area (Å²) in [4.78, 5) is 4.55. The molecule has 112 valence electrons. The van der Waals surface area contributed by atoms with Gasteiger partial charge in [0.05, 0.1) is 5.56 Å². The van der Waals surface area contributed by atoms with Crippen LogP contribution in [0.25, 0.3) is 0 Å². The number of oxime groups is 1. The third-order valence-corrected chi connectivity index (χ3v) is 2.60. The van der Waals surface area contributed by atoms with Gasteiger partial charge in [0.15, 0.2) is 23.3 Å². The summed E-state index contributed by atoms with van der Waals surface area (Å²) >= 11 is 0. The van der Waals surface area contributed by atoms with Crippen LogP contribution in [0, 0.1) is 29.1 Å². The van der Waals surface area contributed by atoms with Crippen molar-refractivity contribution in [2.45, 2.75) is 39.2 Å². The first-order chi connectivity index (χ1) is 9.50. The molecule has 0 N–H and O–H groups in total. The lowest BCUT2D eigenvalue weighted by Crippen LogP contribution is -2.07. The number of unbranched alkanes of at least 4 members (excludes halogenated alkanes) is 3. The van der Waals surface area contributed by atoms with E-state index in [1.165, 1.54) is 6.21 Å². The minimum Gasteiger partial charge on any atom is -0.391 e. The molecule has 0 saturated carbocycles. The molecule has 20 heavy (non-hydrogen) atoms. The van der Waals surface area contributed by atoms with E-state index in [1.54, 1.807) is 0 Å². The van der Waals surface area contributed by atoms with Gasteiger partial charge in [-0.2, -0.15) is 0 Å². The molecular weight excluding hydrogens is 281 g/mol. The van der Waals surface area contributed by atoms with E-state index < -0.39 is 41.3 Å². The lowest BCUT2D eigenvalue weighted by Gasteiger charge is -2.06. The van der Waals surface area contributed by atoms with E-state index in [0.29, 0.717) is 6.42 Å². The van der Waals surface area contributed by atoms with E-state index >= 15 is 0 Å². The van der Waals surface area contributed by atoms with Crippen LogP contribution in [-0.2, 0) is 11.4 Å². The molecule has 1 aromatic rings. The number of benzene rings is 1. The fourth-order valence-electron chi connectivity index (χ4n) is 1.47. The van der Waals surface area contributed by atoms with Crippen LogP contribution in [0.1, 0.15) is 38.2 Å². The van der Waals surface area contributed by atoms with E-state index in [2.05, 4.69) is 9.99 Å². The molecule has 1 rings (SSSR count). The zero-order valence-electron chi connectivity index (χ0n) is 10.9. The molecule has 0 aliphatic heterocycles. The highest BCUT2D eigenvalue weighted by Gasteiger charge is 2.25. The predicted octanol–water partition coefficient (Wildman–Crippen LogP) is 4.46. The van der Waals surface area contributed by atoms with Crippen molar-refractivity contribution in [1.82, 2.24) is 0 Å². The smallest absolute Gasteiger partial charge is 0.200 e. The summed E-state index contributed by atoms with van der Waals surface area (Å²) in [5, 5.41) is 3.41. The predicted molar refractivity (Wildman–Crippen MR) is 63.7 cm³/mol. The molecule has 0 saturated heterocycles. The van der Waals surface area contributed by atoms with Crippen molar-refractivity contribution in [2.75, 3.05) is 0 Å². The topological polar surface area (TPSA) is 21.6 Å². The third-order valence-electron chi connectivity index (χ3n) is 2.60. The number of rotatable bonds is 7. The Labute approximate surface area is 113 Å². The summed E-state index contributed by atoms with van der Waals surface area (Å²) in [6, 6.07) is 0. The number of halogens is 5. The van der Waals surface area contributed by atoms with Gasteiger partial charge in [0, 0.05) is 6.21 Å². The van der Waals surface area contributed by atoms with Crippen LogP contribution in [0.5, 0.6) is 0 Å². The molecular formula is C13H14F5NO. The molecule has 0 bridgehead atoms. The molecule has 0 aliphatic rings. The highest BCUT2D eigenvalue weighted by atomic mass is 19.2. The first-order valence-electron chi connectivity index (χ1n) is 6.14. The van der Waals surface area contributed by atoms with Gasteiger partial charge in [-0.3, -0.25) is 0 Å². The van der Waals surface area contributed by atoms with Gasteiger partial charge < -0.3 is 4.84 Å². The van der Waals surface area contributed by atoms with E-state index in [-0.39, 0.29) is 0 Å². The first kappa shape index (κ1) is 16.4. The Balaban J connectivity index is 2.65. The van der Waals surface area contributed by atoms with Crippen LogP contribution in [-0.4, -0.2) is 6.21 Å². The molecule has 0 aliphatic carbocycles. The zero-order chi connectivity index (χ0) is 15.1. The minimum absolute atomic E-state index is 0.616. The van der Waals surface area contributed by atoms with Crippen LogP contribution < -0.4 is 0 Å². The lowest BCUT2D eigenvalue weighted by atomic mass is 10.2. The maximum Gasteiger partial charge on any atom is 0.200 e. The van der Waals surface area contributed by atoms with Gasteiger partial charge in [-0.25, -0.2) is 22.0 Å². The van der Waals surface area contributed by atoms with Gasteiger partial charge in [-0.15, -0.1) is 0 Å². The van der Waals surface area contributed by atoms with Crippen molar-refractivity contribution in [1.29, 1.82) is 0 Å². The Bertz CT molecular complexity index is 461. The SMILES string of the molecule is CCCCC/C=N\OCc1c(F)c(F)c(F)c(F)c1F. The minimum atomic E-state index is -2.19. The Morgan fingerprint density at radius 3 is 2.00 bits per heavy atom. The summed E-state index contributed by atoms with van der Waals surface area (Å²) in [6.07, 6.45) is 4.92. The maximum absolute atomic E-state index is 13.2. The Morgan fingerprint density at radius 2 is 1.45 bits per heavy atom. The maximum atomic E-state index is 13.2. The van der Waals surface area contributed by atoms with Crippen molar-refractivity contribution in [2.24, 2.45) is 5.16 Å². The second-order valence-electron chi connectivity index (χ2n) is 4.11. The molecule has 1 aromatic carbocycles. The fourth-order valence-corrected chi connectivity index (χ4v) is 1.47. The molecule has 2 nitrogen and oxygen atoms in total. The fraction of sp³-hybridized carbons (Fsp3) is 0.462. The number of nitrogens with zero attached hydrogens (tertiary/aromatic N) is 1. The van der Waals surface area contributed by atoms with Gasteiger partial charge in [0.2, 0.25) is 5.82 Å². The van der Waals surface area contributed by atoms with Crippen molar-refractivity contribution >= 4 is 6.21 Å². The molecule has 0 fully saturated rings. The quantitative estimate of drug-likeness (QED) is 0.182. The average Bonchev–Trinajstić information content (AvgIpc) is 2.45. The largest absolute Gasteiger partial charge is 0.391 e. The highest BCUT2D eigenvalue weighted by molar-refractivity contribution is 5.56. The van der Waals surface area contributed by atoms with E-state index in [0.717, 1.165) is 19.3 Å². The number of hydrogen-bond donors (Lipinski definition) is 0. The van der Waals surface area contributed by atoms with Crippen LogP contribution in [0.2, 0.25) is 0 Å². The third kappa shape index (κ3) is 3.91. The second-order valence-corrected chi connectivity index (χ2v) is 4.11. The van der Waals surface area contributed by atoms with E-state index in [9.17, 15) is 22.0 Å². The molecule has 0 atom stereocenters. The second kappa shape index (κ2) is 7.81. The molecule has 0 radical (unpaired) electrons. The molecule has 0 spiro atoms. The average molecular weight is 295 g/mol. The van der Waals surface area contributed by atoms with Gasteiger partial charge in [-0.05, 0) is 12.8 Å². The summed E-state index contributed by atoms with van der Waals surface area (Å²) in [5.41, 5.74) is -1.04. The monoisotopic (exact) mass is 295 g/mol. The van der Waals surface area contributed by atoms with Crippen LogP contribution >= 0.6 is 0 Å². The van der Waals surface area contributed by atoms with Crippen molar-refractivity contribution < 1.29 is 26.8 Å². The molecule has 0 heterocycles. The van der Waals surface area contributed by atoms with Crippen LogP contribution in [0.15, 0.2) is 5.16 Å². The summed E-state index contributed by atoms with van der Waals surface area (Å²) in [6.45, 7) is 1.20. The Kier molecular flexibility index (Phi) is 6.41.